The van der Waals surface area contributed by atoms with Gasteiger partial charge >= 0.3 is 0 Å². The first-order chi connectivity index (χ1) is 15.3. The highest BCUT2D eigenvalue weighted by molar-refractivity contribution is 5.38. The summed E-state index contributed by atoms with van der Waals surface area (Å²) in [6.07, 6.45) is 18.5. The van der Waals surface area contributed by atoms with Gasteiger partial charge in [0.05, 0.1) is 0 Å². The van der Waals surface area contributed by atoms with Crippen LogP contribution in [0.4, 0.5) is 0 Å². The van der Waals surface area contributed by atoms with E-state index in [4.69, 9.17) is 0 Å². The van der Waals surface area contributed by atoms with Crippen LogP contribution in [0.2, 0.25) is 0 Å². The molecule has 0 amide bonds. The van der Waals surface area contributed by atoms with E-state index < -0.39 is 0 Å². The molecule has 0 bridgehead atoms. The molecule has 0 unspecified atom stereocenters. The molecule has 3 rings (SSSR count). The van der Waals surface area contributed by atoms with Gasteiger partial charge in [0.1, 0.15) is 0 Å². The molecule has 0 atom stereocenters. The largest absolute Gasteiger partial charge is 0.0730 e. The van der Waals surface area contributed by atoms with Crippen LogP contribution in [0.5, 0.6) is 0 Å². The molecule has 2 aromatic carbocycles. The molecule has 31 heavy (non-hydrogen) atoms. The fraction of sp³-hybridized carbons (Fsp3) is 0.484. The Morgan fingerprint density at radius 2 is 1.35 bits per heavy atom. The molecule has 1 saturated carbocycles. The minimum Gasteiger partial charge on any atom is -0.0730 e. The molecule has 2 aromatic rings. The monoisotopic (exact) mass is 412 g/mol. The summed E-state index contributed by atoms with van der Waals surface area (Å²) in [5.74, 6) is 7.97. The van der Waals surface area contributed by atoms with Gasteiger partial charge in [-0.1, -0.05) is 87.4 Å². The highest BCUT2D eigenvalue weighted by Gasteiger charge is 2.20. The fourth-order valence-electron chi connectivity index (χ4n) is 4.63. The van der Waals surface area contributed by atoms with Gasteiger partial charge in [-0.2, -0.15) is 0 Å². The summed E-state index contributed by atoms with van der Waals surface area (Å²) in [7, 11) is 0. The van der Waals surface area contributed by atoms with E-state index >= 15 is 0 Å². The number of aryl methyl sites for hydroxylation is 2. The quantitative estimate of drug-likeness (QED) is 0.285. The number of rotatable bonds is 9. The van der Waals surface area contributed by atoms with Gasteiger partial charge in [-0.15, -0.1) is 0 Å². The molecular weight excluding hydrogens is 372 g/mol. The van der Waals surface area contributed by atoms with E-state index in [1.54, 1.807) is 5.56 Å². The highest BCUT2D eigenvalue weighted by Crippen LogP contribution is 2.36. The van der Waals surface area contributed by atoms with Crippen molar-refractivity contribution in [3.63, 3.8) is 0 Å². The van der Waals surface area contributed by atoms with Gasteiger partial charge in [-0.05, 0) is 98.1 Å². The predicted molar refractivity (Wildman–Crippen MR) is 135 cm³/mol. The number of benzene rings is 2. The topological polar surface area (TPSA) is 0 Å². The zero-order valence-electron chi connectivity index (χ0n) is 19.7. The van der Waals surface area contributed by atoms with Crippen LogP contribution < -0.4 is 0 Å². The molecule has 1 fully saturated rings. The fourth-order valence-corrected chi connectivity index (χ4v) is 4.63. The Bertz CT molecular complexity index is 834. The zero-order valence-corrected chi connectivity index (χ0v) is 19.7. The van der Waals surface area contributed by atoms with Crippen molar-refractivity contribution in [3.05, 3.63) is 82.9 Å². The molecule has 0 aliphatic heterocycles. The Morgan fingerprint density at radius 3 is 2.00 bits per heavy atom. The Morgan fingerprint density at radius 1 is 0.742 bits per heavy atom. The van der Waals surface area contributed by atoms with E-state index in [-0.39, 0.29) is 0 Å². The molecule has 0 N–H and O–H groups in total. The third-order valence-corrected chi connectivity index (χ3v) is 6.73. The van der Waals surface area contributed by atoms with Crippen molar-refractivity contribution >= 4 is 0 Å². The third-order valence-electron chi connectivity index (χ3n) is 6.73. The molecule has 0 radical (unpaired) electrons. The van der Waals surface area contributed by atoms with Crippen LogP contribution in [0.15, 0.2) is 60.7 Å². The van der Waals surface area contributed by atoms with Crippen LogP contribution in [-0.2, 0) is 12.8 Å². The van der Waals surface area contributed by atoms with Crippen LogP contribution in [0.3, 0.4) is 0 Å². The van der Waals surface area contributed by atoms with Crippen molar-refractivity contribution in [1.82, 2.24) is 0 Å². The smallest absolute Gasteiger partial charge is 0.0249 e. The molecule has 0 heterocycles. The maximum atomic E-state index is 3.29. The second-order valence-electron chi connectivity index (χ2n) is 9.24. The van der Waals surface area contributed by atoms with Crippen LogP contribution in [0.25, 0.3) is 0 Å². The average molecular weight is 413 g/mol. The number of hydrogen-bond acceptors (Lipinski definition) is 0. The molecule has 0 nitrogen and oxygen atoms in total. The van der Waals surface area contributed by atoms with E-state index in [1.807, 2.05) is 0 Å². The molecule has 0 aromatic heterocycles. The van der Waals surface area contributed by atoms with Gasteiger partial charge in [0.2, 0.25) is 0 Å². The highest BCUT2D eigenvalue weighted by atomic mass is 14.3. The maximum absolute atomic E-state index is 3.29. The van der Waals surface area contributed by atoms with Gasteiger partial charge in [0, 0.05) is 5.56 Å². The second kappa shape index (κ2) is 13.2. The summed E-state index contributed by atoms with van der Waals surface area (Å²) in [6.45, 7) is 4.51. The van der Waals surface area contributed by atoms with Gasteiger partial charge in [-0.25, -0.2) is 0 Å². The minimum atomic E-state index is 0.690. The predicted octanol–water partition coefficient (Wildman–Crippen LogP) is 8.64. The summed E-state index contributed by atoms with van der Waals surface area (Å²) >= 11 is 0. The van der Waals surface area contributed by atoms with Crippen LogP contribution in [-0.4, -0.2) is 0 Å². The Hall–Kier alpha value is -2.26. The lowest BCUT2D eigenvalue weighted by Gasteiger charge is -2.27. The van der Waals surface area contributed by atoms with Crippen LogP contribution in [0.1, 0.15) is 99.8 Å². The lowest BCUT2D eigenvalue weighted by Crippen LogP contribution is -2.11. The lowest BCUT2D eigenvalue weighted by atomic mass is 9.78. The van der Waals surface area contributed by atoms with E-state index in [9.17, 15) is 0 Å². The van der Waals surface area contributed by atoms with Crippen molar-refractivity contribution < 1.29 is 0 Å². The Labute approximate surface area is 191 Å². The van der Waals surface area contributed by atoms with E-state index in [0.717, 1.165) is 11.5 Å². The molecule has 1 aliphatic rings. The minimum absolute atomic E-state index is 0.690. The first-order valence-corrected chi connectivity index (χ1v) is 12.6. The zero-order chi connectivity index (χ0) is 21.7. The Balaban J connectivity index is 1.42. The molecular formula is C31H40. The summed E-state index contributed by atoms with van der Waals surface area (Å²) in [4.78, 5) is 0. The Kier molecular flexibility index (Phi) is 9.98. The molecule has 0 spiro atoms. The first kappa shape index (κ1) is 23.4. The van der Waals surface area contributed by atoms with Gasteiger partial charge in [0.25, 0.3) is 0 Å². The van der Waals surface area contributed by atoms with Crippen LogP contribution >= 0.6 is 0 Å². The van der Waals surface area contributed by atoms with Crippen LogP contribution in [0, 0.1) is 17.8 Å². The van der Waals surface area contributed by atoms with Gasteiger partial charge in [0.15, 0.2) is 0 Å². The van der Waals surface area contributed by atoms with Crippen molar-refractivity contribution in [2.24, 2.45) is 5.92 Å². The summed E-state index contributed by atoms with van der Waals surface area (Å²) in [5, 5.41) is 0. The van der Waals surface area contributed by atoms with Crippen molar-refractivity contribution in [1.29, 1.82) is 0 Å². The van der Waals surface area contributed by atoms with E-state index in [2.05, 4.69) is 86.4 Å². The standard InChI is InChI=1S/C31H40/c1-3-5-7-11-28-18-22-30(23-19-28)31-24-20-29(21-25-31)13-9-8-12-27-16-14-26(15-17-27)10-6-4-2/h9,13-19,22-23,29,31H,3-7,10-11,20-21,24-25H2,1-2H3. The second-order valence-corrected chi connectivity index (χ2v) is 9.24. The third kappa shape index (κ3) is 8.06. The number of hydrogen-bond donors (Lipinski definition) is 0. The normalized spacial score (nSPS) is 18.6. The SMILES string of the molecule is CCCCCc1ccc(C2CCC(C=CC#Cc3ccc(CCCC)cc3)CC2)cc1. The lowest BCUT2D eigenvalue weighted by molar-refractivity contribution is 0.376. The molecule has 1 aliphatic carbocycles. The summed E-state index contributed by atoms with van der Waals surface area (Å²) in [6, 6.07) is 18.3. The summed E-state index contributed by atoms with van der Waals surface area (Å²) in [5.41, 5.74) is 5.59. The van der Waals surface area contributed by atoms with Gasteiger partial charge in [-0.3, -0.25) is 0 Å². The van der Waals surface area contributed by atoms with Crippen molar-refractivity contribution in [2.45, 2.75) is 90.4 Å². The molecule has 0 heteroatoms. The van der Waals surface area contributed by atoms with Gasteiger partial charge < -0.3 is 0 Å². The number of allylic oxidation sites excluding steroid dienone is 2. The number of unbranched alkanes of at least 4 members (excludes halogenated alkanes) is 3. The summed E-state index contributed by atoms with van der Waals surface area (Å²) < 4.78 is 0. The van der Waals surface area contributed by atoms with Crippen molar-refractivity contribution in [3.8, 4) is 11.8 Å². The maximum Gasteiger partial charge on any atom is 0.0249 e. The average Bonchev–Trinajstić information content (AvgIpc) is 2.82. The molecule has 0 saturated heterocycles. The first-order valence-electron chi connectivity index (χ1n) is 12.6. The molecule has 164 valence electrons. The van der Waals surface area contributed by atoms with E-state index in [1.165, 1.54) is 81.8 Å². The van der Waals surface area contributed by atoms with E-state index in [0.29, 0.717) is 5.92 Å². The van der Waals surface area contributed by atoms with Crippen molar-refractivity contribution in [2.75, 3.05) is 0 Å².